The van der Waals surface area contributed by atoms with Crippen LogP contribution in [0.2, 0.25) is 0 Å². The number of carbonyl (C=O) groups excluding carboxylic acids is 1. The van der Waals surface area contributed by atoms with Gasteiger partial charge in [-0.05, 0) is 41.5 Å². The zero-order valence-electron chi connectivity index (χ0n) is 24.9. The minimum Gasteiger partial charge on any atom is -0.504 e. The van der Waals surface area contributed by atoms with E-state index >= 15 is 0 Å². The van der Waals surface area contributed by atoms with Crippen LogP contribution in [0.25, 0.3) is 6.08 Å². The largest absolute Gasteiger partial charge is 0.504 e. The first-order valence-electron chi connectivity index (χ1n) is 14.4. The van der Waals surface area contributed by atoms with Gasteiger partial charge >= 0.3 is 11.9 Å². The highest BCUT2D eigenvalue weighted by Gasteiger charge is 2.46. The molecule has 4 rings (SSSR count). The maximum absolute atomic E-state index is 12.4. The number of rotatable bonds is 12. The summed E-state index contributed by atoms with van der Waals surface area (Å²) in [5.74, 6) is -4.05. The molecule has 0 amide bonds. The Bertz CT molecular complexity index is 1440. The molecule has 2 heterocycles. The molecule has 0 radical (unpaired) electrons. The van der Waals surface area contributed by atoms with Crippen molar-refractivity contribution in [2.24, 2.45) is 0 Å². The predicted molar refractivity (Wildman–Crippen MR) is 155 cm³/mol. The number of ether oxygens (including phenoxy) is 5. The molecule has 48 heavy (non-hydrogen) atoms. The highest BCUT2D eigenvalue weighted by Crippen LogP contribution is 2.33. The summed E-state index contributed by atoms with van der Waals surface area (Å²) >= 11 is 0. The molecule has 0 aliphatic carbocycles. The van der Waals surface area contributed by atoms with Gasteiger partial charge in [-0.15, -0.1) is 0 Å². The summed E-state index contributed by atoms with van der Waals surface area (Å²) < 4.78 is 26.3. The van der Waals surface area contributed by atoms with Gasteiger partial charge in [0.05, 0.1) is 13.2 Å². The molecule has 2 aromatic rings. The molecule has 11 N–H and O–H groups in total. The molecule has 264 valence electrons. The summed E-state index contributed by atoms with van der Waals surface area (Å²) in [6, 6.07) is 7.39. The zero-order chi connectivity index (χ0) is 35.3. The molecule has 0 aromatic heterocycles. The Morgan fingerprint density at radius 3 is 1.69 bits per heavy atom. The number of aliphatic hydroxyl groups excluding tert-OH is 8. The van der Waals surface area contributed by atoms with Gasteiger partial charge in [-0.25, -0.2) is 9.59 Å². The highest BCUT2D eigenvalue weighted by atomic mass is 16.7. The molecule has 18 nitrogen and oxygen atoms in total. The van der Waals surface area contributed by atoms with Gasteiger partial charge in [-0.2, -0.15) is 0 Å². The lowest BCUT2D eigenvalue weighted by Crippen LogP contribution is -2.60. The minimum atomic E-state index is -1.74. The van der Waals surface area contributed by atoms with Gasteiger partial charge in [0, 0.05) is 12.5 Å². The monoisotopic (exact) mass is 684 g/mol. The summed E-state index contributed by atoms with van der Waals surface area (Å²) in [6.07, 6.45) is -15.7. The number of phenolic OH excluding ortho intramolecular Hbond substituents is 2. The van der Waals surface area contributed by atoms with Crippen molar-refractivity contribution in [3.8, 4) is 23.0 Å². The lowest BCUT2D eigenvalue weighted by Gasteiger charge is -2.39. The summed E-state index contributed by atoms with van der Waals surface area (Å²) in [4.78, 5) is 24.2. The average molecular weight is 685 g/mol. The Labute approximate surface area is 271 Å². The van der Waals surface area contributed by atoms with Crippen LogP contribution in [0.5, 0.6) is 23.0 Å². The lowest BCUT2D eigenvalue weighted by atomic mass is 9.99. The van der Waals surface area contributed by atoms with Crippen LogP contribution >= 0.6 is 0 Å². The van der Waals surface area contributed by atoms with Crippen LogP contribution in [-0.4, -0.2) is 149 Å². The molecule has 0 bridgehead atoms. The molecule has 0 saturated carbocycles. The van der Waals surface area contributed by atoms with Crippen molar-refractivity contribution < 1.29 is 89.4 Å². The van der Waals surface area contributed by atoms with E-state index in [4.69, 9.17) is 23.7 Å². The molecule has 2 aliphatic rings. The van der Waals surface area contributed by atoms with Crippen molar-refractivity contribution in [2.45, 2.75) is 73.9 Å². The molecule has 0 unspecified atom stereocenters. The number of aliphatic hydroxyl groups is 8. The Morgan fingerprint density at radius 2 is 1.23 bits per heavy atom. The Morgan fingerprint density at radius 1 is 0.729 bits per heavy atom. The summed E-state index contributed by atoms with van der Waals surface area (Å²) in [5, 5.41) is 109. The molecule has 2 aliphatic heterocycles. The van der Waals surface area contributed by atoms with E-state index < -0.39 is 111 Å². The van der Waals surface area contributed by atoms with Gasteiger partial charge in [0.25, 0.3) is 0 Å². The number of hydrogen-bond donors (Lipinski definition) is 11. The first-order valence-corrected chi connectivity index (χ1v) is 14.4. The van der Waals surface area contributed by atoms with Gasteiger partial charge in [-0.1, -0.05) is 12.1 Å². The normalized spacial score (nSPS) is 31.2. The lowest BCUT2D eigenvalue weighted by molar-refractivity contribution is -0.277. The number of carboxylic acids is 1. The third-order valence-electron chi connectivity index (χ3n) is 7.56. The van der Waals surface area contributed by atoms with Crippen LogP contribution in [0.4, 0.5) is 0 Å². The van der Waals surface area contributed by atoms with E-state index in [2.05, 4.69) is 0 Å². The Kier molecular flexibility index (Phi) is 12.2. The van der Waals surface area contributed by atoms with Crippen LogP contribution in [0.1, 0.15) is 11.1 Å². The van der Waals surface area contributed by atoms with Crippen LogP contribution in [0, 0.1) is 0 Å². The van der Waals surface area contributed by atoms with Gasteiger partial charge in [-0.3, -0.25) is 0 Å². The standard InChI is InChI=1S/C30H36O18/c31-10-19-22(36)24(38)26(40)29(47-19)45-16-4-1-12(7-14(16)33)3-6-21(35)44-18(28(42)43)9-13-2-5-17(15(34)8-13)46-30-27(41)25(39)23(37)20(11-32)48-30/h1-8,18-20,22-27,29-34,36-41H,9-11H2,(H,42,43)/b6-3+/t18-,19+,20+,22+,23+,24-,25-,26+,27+,29+,30+/m0/s1. The van der Waals surface area contributed by atoms with Crippen molar-refractivity contribution in [3.05, 3.63) is 53.6 Å². The molecule has 2 aromatic carbocycles. The van der Waals surface area contributed by atoms with Crippen LogP contribution in [-0.2, 0) is 30.2 Å². The maximum atomic E-state index is 12.4. The number of esters is 1. The van der Waals surface area contributed by atoms with Crippen molar-refractivity contribution in [3.63, 3.8) is 0 Å². The number of carboxylic acid groups (broad SMARTS) is 1. The quantitative estimate of drug-likeness (QED) is 0.0771. The fourth-order valence-electron chi connectivity index (χ4n) is 4.84. The van der Waals surface area contributed by atoms with Crippen LogP contribution in [0.3, 0.4) is 0 Å². The second-order valence-corrected chi connectivity index (χ2v) is 11.0. The van der Waals surface area contributed by atoms with E-state index in [0.29, 0.717) is 0 Å². The van der Waals surface area contributed by atoms with Crippen LogP contribution < -0.4 is 9.47 Å². The number of hydrogen-bond acceptors (Lipinski definition) is 17. The minimum absolute atomic E-state index is 0.192. The predicted octanol–water partition coefficient (Wildman–Crippen LogP) is -3.29. The van der Waals surface area contributed by atoms with Gasteiger partial charge < -0.3 is 79.9 Å². The first kappa shape index (κ1) is 36.8. The summed E-state index contributed by atoms with van der Waals surface area (Å²) in [5.41, 5.74) is 0.426. The molecular formula is C30H36O18. The van der Waals surface area contributed by atoms with E-state index in [9.17, 15) is 65.8 Å². The third-order valence-corrected chi connectivity index (χ3v) is 7.56. The zero-order valence-corrected chi connectivity index (χ0v) is 24.9. The van der Waals surface area contributed by atoms with E-state index in [0.717, 1.165) is 18.2 Å². The smallest absolute Gasteiger partial charge is 0.345 e. The van der Waals surface area contributed by atoms with E-state index in [1.807, 2.05) is 0 Å². The van der Waals surface area contributed by atoms with Crippen molar-refractivity contribution in [2.75, 3.05) is 13.2 Å². The Hall–Kier alpha value is -4.08. The SMILES string of the molecule is O=C(/C=C/c1ccc(O[C@@H]2O[C@H](CO)[C@@H](O)[C@H](O)[C@H]2O)c(O)c1)O[C@@H](Cc1ccc(O[C@@H]2O[C@H](CO)[C@@H](O)[C@H](O)[C@H]2O)c(O)c1)C(=O)O. The van der Waals surface area contributed by atoms with E-state index in [1.165, 1.54) is 30.3 Å². The first-order chi connectivity index (χ1) is 22.7. The summed E-state index contributed by atoms with van der Waals surface area (Å²) in [7, 11) is 0. The molecule has 2 fully saturated rings. The summed E-state index contributed by atoms with van der Waals surface area (Å²) in [6.45, 7) is -1.38. The molecule has 2 saturated heterocycles. The second kappa shape index (κ2) is 15.9. The molecular weight excluding hydrogens is 648 g/mol. The van der Waals surface area contributed by atoms with Gasteiger partial charge in [0.2, 0.25) is 18.7 Å². The Balaban J connectivity index is 1.35. The fraction of sp³-hybridized carbons (Fsp3) is 0.467. The number of phenols is 2. The van der Waals surface area contributed by atoms with Crippen molar-refractivity contribution in [1.82, 2.24) is 0 Å². The molecule has 18 heteroatoms. The van der Waals surface area contributed by atoms with Gasteiger partial charge in [0.1, 0.15) is 48.8 Å². The molecule has 11 atom stereocenters. The number of aromatic hydroxyl groups is 2. The second-order valence-electron chi connectivity index (χ2n) is 11.0. The fourth-order valence-corrected chi connectivity index (χ4v) is 4.84. The van der Waals surface area contributed by atoms with Crippen LogP contribution in [0.15, 0.2) is 42.5 Å². The number of benzene rings is 2. The number of aliphatic carboxylic acids is 1. The van der Waals surface area contributed by atoms with E-state index in [1.54, 1.807) is 0 Å². The highest BCUT2D eigenvalue weighted by molar-refractivity contribution is 5.89. The van der Waals surface area contributed by atoms with E-state index in [-0.39, 0.29) is 22.6 Å². The van der Waals surface area contributed by atoms with Crippen molar-refractivity contribution in [1.29, 1.82) is 0 Å². The average Bonchev–Trinajstić information content (AvgIpc) is 3.05. The van der Waals surface area contributed by atoms with Crippen molar-refractivity contribution >= 4 is 18.0 Å². The number of carbonyl (C=O) groups is 2. The molecule has 0 spiro atoms. The maximum Gasteiger partial charge on any atom is 0.345 e. The topological polar surface area (TPSA) is 303 Å². The van der Waals surface area contributed by atoms with Gasteiger partial charge in [0.15, 0.2) is 23.0 Å². The third kappa shape index (κ3) is 8.49.